The summed E-state index contributed by atoms with van der Waals surface area (Å²) in [5, 5.41) is 90.4. The van der Waals surface area contributed by atoms with E-state index in [0.29, 0.717) is 24.3 Å². The maximum absolute atomic E-state index is 10.4. The Bertz CT molecular complexity index is 1340. The van der Waals surface area contributed by atoms with Crippen molar-refractivity contribution in [1.29, 1.82) is 0 Å². The number of rotatable bonds is 12. The van der Waals surface area contributed by atoms with Crippen LogP contribution in [0.15, 0.2) is 36.4 Å². The Kier molecular flexibility index (Phi) is 12.0. The maximum Gasteiger partial charge on any atom is 0.229 e. The van der Waals surface area contributed by atoms with Gasteiger partial charge in [-0.3, -0.25) is 0 Å². The molecule has 9 N–H and O–H groups in total. The van der Waals surface area contributed by atoms with E-state index in [2.05, 4.69) is 0 Å². The molecule has 3 aliphatic heterocycles. The first-order valence-electron chi connectivity index (χ1n) is 15.6. The molecule has 0 spiro atoms. The smallest absolute Gasteiger partial charge is 0.229 e. The molecule has 2 aromatic rings. The van der Waals surface area contributed by atoms with E-state index in [9.17, 15) is 46.0 Å². The van der Waals surface area contributed by atoms with Crippen molar-refractivity contribution in [3.8, 4) is 23.0 Å². The van der Waals surface area contributed by atoms with Gasteiger partial charge in [0.25, 0.3) is 0 Å². The van der Waals surface area contributed by atoms with Crippen LogP contribution in [0.2, 0.25) is 0 Å². The van der Waals surface area contributed by atoms with E-state index in [-0.39, 0.29) is 35.7 Å². The molecule has 16 heteroatoms. The Balaban J connectivity index is 1.26. The van der Waals surface area contributed by atoms with Gasteiger partial charge in [-0.05, 0) is 47.7 Å². The summed E-state index contributed by atoms with van der Waals surface area (Å²) >= 11 is 0. The molecule has 0 amide bonds. The van der Waals surface area contributed by atoms with Gasteiger partial charge in [0.15, 0.2) is 23.0 Å². The van der Waals surface area contributed by atoms with E-state index in [0.717, 1.165) is 5.56 Å². The largest absolute Gasteiger partial charge is 0.493 e. The summed E-state index contributed by atoms with van der Waals surface area (Å²) < 4.78 is 39.6. The van der Waals surface area contributed by atoms with E-state index in [1.165, 1.54) is 14.2 Å². The van der Waals surface area contributed by atoms with Crippen LogP contribution < -0.4 is 18.9 Å². The second-order valence-electron chi connectivity index (χ2n) is 12.1. The van der Waals surface area contributed by atoms with Crippen LogP contribution in [-0.2, 0) is 20.6 Å². The fourth-order valence-corrected chi connectivity index (χ4v) is 6.30. The maximum atomic E-state index is 10.4. The van der Waals surface area contributed by atoms with Crippen LogP contribution >= 0.6 is 0 Å². The number of aliphatic hydroxyl groups excluding tert-OH is 9. The van der Waals surface area contributed by atoms with Gasteiger partial charge in [0.05, 0.1) is 40.1 Å². The molecule has 3 fully saturated rings. The summed E-state index contributed by atoms with van der Waals surface area (Å²) in [6.45, 7) is -1.05. The highest BCUT2D eigenvalue weighted by Crippen LogP contribution is 2.43. The molecule has 16 nitrogen and oxygen atoms in total. The predicted molar refractivity (Wildman–Crippen MR) is 161 cm³/mol. The van der Waals surface area contributed by atoms with Crippen molar-refractivity contribution >= 4 is 0 Å². The van der Waals surface area contributed by atoms with E-state index in [4.69, 9.17) is 33.2 Å². The number of methoxy groups -OCH3 is 2. The van der Waals surface area contributed by atoms with Gasteiger partial charge in [0.1, 0.15) is 48.8 Å². The topological polar surface area (TPSA) is 247 Å². The lowest BCUT2D eigenvalue weighted by Gasteiger charge is -2.39. The van der Waals surface area contributed by atoms with Crippen molar-refractivity contribution in [3.05, 3.63) is 47.5 Å². The molecular formula is C32H44O16. The third-order valence-electron chi connectivity index (χ3n) is 9.12. The van der Waals surface area contributed by atoms with Gasteiger partial charge >= 0.3 is 0 Å². The molecule has 0 aromatic heterocycles. The van der Waals surface area contributed by atoms with Crippen LogP contribution in [0.5, 0.6) is 23.0 Å². The molecule has 3 heterocycles. The Labute approximate surface area is 276 Å². The number of hydrogen-bond acceptors (Lipinski definition) is 16. The highest BCUT2D eigenvalue weighted by Gasteiger charge is 2.46. The molecule has 0 unspecified atom stereocenters. The summed E-state index contributed by atoms with van der Waals surface area (Å²) in [7, 11) is 2.85. The van der Waals surface area contributed by atoms with Crippen LogP contribution in [0.25, 0.3) is 0 Å². The minimum Gasteiger partial charge on any atom is -0.493 e. The van der Waals surface area contributed by atoms with Crippen LogP contribution in [0.4, 0.5) is 0 Å². The Hall–Kier alpha value is -2.84. The third kappa shape index (κ3) is 7.35. The Morgan fingerprint density at radius 3 is 1.65 bits per heavy atom. The van der Waals surface area contributed by atoms with Crippen molar-refractivity contribution < 1.29 is 79.1 Å². The van der Waals surface area contributed by atoms with Gasteiger partial charge in [-0.1, -0.05) is 12.1 Å². The van der Waals surface area contributed by atoms with Crippen LogP contribution in [-0.4, -0.2) is 148 Å². The quantitative estimate of drug-likeness (QED) is 0.113. The first-order chi connectivity index (χ1) is 23.0. The SMILES string of the molecule is COc1cc(C[C@H]2CO[C@H](c3ccc(O[C@H]4O[C@H](CO)[C@@H](O)[C@H](O)[C@H]4O)c(OC)c3)[C@@H]2CO)ccc1O[C@H]1O[C@H](CO)[C@@H](O)[C@H](O)[C@H]1O. The Morgan fingerprint density at radius 2 is 1.15 bits per heavy atom. The Morgan fingerprint density at radius 1 is 0.625 bits per heavy atom. The molecule has 5 rings (SSSR count). The standard InChI is InChI=1S/C32H44O16/c1-42-20-8-14(3-5-18(20)45-31-28(40)26(38)24(36)22(11-34)47-31)7-16-13-44-30(17(16)10-33)15-4-6-19(21(9-15)43-2)46-32-29(41)27(39)25(37)23(12-35)48-32/h3-6,8-9,16-17,22-41H,7,10-13H2,1-2H3/t16-,17+,22+,23+,24+,25+,26-,27-,28+,29+,30+,31-,32-/m0/s1. The molecule has 0 aliphatic carbocycles. The molecule has 2 aromatic carbocycles. The molecular weight excluding hydrogens is 640 g/mol. The van der Waals surface area contributed by atoms with Gasteiger partial charge in [-0.2, -0.15) is 0 Å². The highest BCUT2D eigenvalue weighted by molar-refractivity contribution is 5.45. The van der Waals surface area contributed by atoms with Crippen molar-refractivity contribution in [3.63, 3.8) is 0 Å². The minimum absolute atomic E-state index is 0.113. The minimum atomic E-state index is -1.61. The highest BCUT2D eigenvalue weighted by atomic mass is 16.7. The first kappa shape index (κ1) is 36.4. The van der Waals surface area contributed by atoms with Gasteiger partial charge in [-0.25, -0.2) is 0 Å². The second kappa shape index (κ2) is 15.8. The van der Waals surface area contributed by atoms with Crippen LogP contribution in [0.1, 0.15) is 17.2 Å². The third-order valence-corrected chi connectivity index (χ3v) is 9.12. The molecule has 3 aliphatic rings. The van der Waals surface area contributed by atoms with E-state index in [1.807, 2.05) is 0 Å². The van der Waals surface area contributed by atoms with Crippen molar-refractivity contribution in [2.45, 2.75) is 73.9 Å². The van der Waals surface area contributed by atoms with Crippen molar-refractivity contribution in [1.82, 2.24) is 0 Å². The molecule has 0 saturated carbocycles. The van der Waals surface area contributed by atoms with Gasteiger partial charge < -0.3 is 79.1 Å². The molecule has 3 saturated heterocycles. The first-order valence-corrected chi connectivity index (χ1v) is 15.6. The zero-order valence-electron chi connectivity index (χ0n) is 26.4. The summed E-state index contributed by atoms with van der Waals surface area (Å²) in [4.78, 5) is 0. The van der Waals surface area contributed by atoms with Crippen LogP contribution in [0.3, 0.4) is 0 Å². The number of ether oxygens (including phenoxy) is 7. The lowest BCUT2D eigenvalue weighted by atomic mass is 9.84. The molecule has 0 bridgehead atoms. The summed E-state index contributed by atoms with van der Waals surface area (Å²) in [5.41, 5.74) is 1.52. The number of benzene rings is 2. The molecule has 48 heavy (non-hydrogen) atoms. The summed E-state index contributed by atoms with van der Waals surface area (Å²) in [5.74, 6) is 0.496. The zero-order valence-corrected chi connectivity index (χ0v) is 26.4. The number of aliphatic hydroxyl groups is 9. The molecule has 268 valence electrons. The lowest BCUT2D eigenvalue weighted by Crippen LogP contribution is -2.60. The fraction of sp³-hybridized carbons (Fsp3) is 0.625. The van der Waals surface area contributed by atoms with E-state index >= 15 is 0 Å². The zero-order chi connectivity index (χ0) is 34.7. The van der Waals surface area contributed by atoms with Gasteiger partial charge in [0.2, 0.25) is 12.6 Å². The average Bonchev–Trinajstić information content (AvgIpc) is 3.51. The van der Waals surface area contributed by atoms with Gasteiger partial charge in [0, 0.05) is 12.5 Å². The normalized spacial score (nSPS) is 36.9. The van der Waals surface area contributed by atoms with E-state index in [1.54, 1.807) is 36.4 Å². The van der Waals surface area contributed by atoms with Crippen molar-refractivity contribution in [2.24, 2.45) is 11.8 Å². The molecule has 0 radical (unpaired) electrons. The predicted octanol–water partition coefficient (Wildman–Crippen LogP) is -2.40. The van der Waals surface area contributed by atoms with Crippen molar-refractivity contribution in [2.75, 3.05) is 40.6 Å². The second-order valence-corrected chi connectivity index (χ2v) is 12.1. The molecule has 13 atom stereocenters. The fourth-order valence-electron chi connectivity index (χ4n) is 6.30. The lowest BCUT2D eigenvalue weighted by molar-refractivity contribution is -0.277. The van der Waals surface area contributed by atoms with Crippen LogP contribution in [0, 0.1) is 11.8 Å². The number of hydrogen-bond donors (Lipinski definition) is 9. The van der Waals surface area contributed by atoms with E-state index < -0.39 is 80.7 Å². The summed E-state index contributed by atoms with van der Waals surface area (Å²) in [6.07, 6.45) is -14.5. The van der Waals surface area contributed by atoms with Gasteiger partial charge in [-0.15, -0.1) is 0 Å². The average molecular weight is 685 g/mol. The summed E-state index contributed by atoms with van der Waals surface area (Å²) in [6, 6.07) is 10.1. The monoisotopic (exact) mass is 684 g/mol.